The van der Waals surface area contributed by atoms with Crippen LogP contribution in [0.4, 0.5) is 15.8 Å². The van der Waals surface area contributed by atoms with Crippen molar-refractivity contribution in [2.75, 3.05) is 5.32 Å². The summed E-state index contributed by atoms with van der Waals surface area (Å²) in [5, 5.41) is 16.1. The summed E-state index contributed by atoms with van der Waals surface area (Å²) in [5.74, 6) is -1.33. The molecule has 0 radical (unpaired) electrons. The zero-order valence-electron chi connectivity index (χ0n) is 14.0. The maximum absolute atomic E-state index is 13.4. The third-order valence-electron chi connectivity index (χ3n) is 3.85. The lowest BCUT2D eigenvalue weighted by Crippen LogP contribution is -2.91. The second kappa shape index (κ2) is 8.44. The number of hydrogen-bond donors (Lipinski definition) is 2. The molecule has 0 heterocycles. The van der Waals surface area contributed by atoms with Crippen LogP contribution in [0.2, 0.25) is 10.0 Å². The molecule has 0 aliphatic rings. The number of nitro groups is 1. The number of halogens is 3. The first kappa shape index (κ1) is 20.1. The second-order valence-corrected chi connectivity index (χ2v) is 6.69. The van der Waals surface area contributed by atoms with Gasteiger partial charge in [0.15, 0.2) is 6.04 Å². The van der Waals surface area contributed by atoms with E-state index in [1.54, 1.807) is 30.4 Å². The number of nitrogens with two attached hydrogens (primary N) is 1. The quantitative estimate of drug-likeness (QED) is 0.572. The van der Waals surface area contributed by atoms with Crippen molar-refractivity contribution in [1.29, 1.82) is 0 Å². The summed E-state index contributed by atoms with van der Waals surface area (Å²) in [4.78, 5) is 22.3. The van der Waals surface area contributed by atoms with Gasteiger partial charge in [-0.3, -0.25) is 14.9 Å². The molecule has 0 aliphatic carbocycles. The van der Waals surface area contributed by atoms with Crippen molar-refractivity contribution in [3.8, 4) is 0 Å². The van der Waals surface area contributed by atoms with Crippen LogP contribution in [0.15, 0.2) is 36.4 Å². The Kier molecular flexibility index (Phi) is 6.52. The van der Waals surface area contributed by atoms with E-state index in [0.717, 1.165) is 17.7 Å². The van der Waals surface area contributed by atoms with E-state index >= 15 is 0 Å². The molecule has 0 aromatic heterocycles. The normalized spacial score (nSPS) is 13.1. The zero-order chi connectivity index (χ0) is 19.4. The van der Waals surface area contributed by atoms with Crippen LogP contribution in [0.5, 0.6) is 0 Å². The molecule has 2 aromatic rings. The summed E-state index contributed by atoms with van der Waals surface area (Å²) in [7, 11) is 0. The third kappa shape index (κ3) is 4.91. The van der Waals surface area contributed by atoms with Crippen molar-refractivity contribution in [1.82, 2.24) is 0 Å². The monoisotopic (exact) mass is 400 g/mol. The Bertz CT molecular complexity index is 848. The average Bonchev–Trinajstić information content (AvgIpc) is 2.55. The van der Waals surface area contributed by atoms with E-state index in [1.165, 1.54) is 6.07 Å². The predicted octanol–water partition coefficient (Wildman–Crippen LogP) is 3.69. The largest absolute Gasteiger partial charge is 0.330 e. The van der Waals surface area contributed by atoms with Gasteiger partial charge in [0, 0.05) is 22.3 Å². The van der Waals surface area contributed by atoms with Crippen LogP contribution in [0, 0.1) is 15.9 Å². The fraction of sp³-hybridized carbons (Fsp3) is 0.235. The van der Waals surface area contributed by atoms with Gasteiger partial charge in [-0.2, -0.15) is 4.39 Å². The highest BCUT2D eigenvalue weighted by Crippen LogP contribution is 2.24. The summed E-state index contributed by atoms with van der Waals surface area (Å²) >= 11 is 12.1. The average molecular weight is 401 g/mol. The van der Waals surface area contributed by atoms with Crippen LogP contribution in [0.1, 0.15) is 25.5 Å². The number of amides is 1. The Morgan fingerprint density at radius 1 is 1.23 bits per heavy atom. The summed E-state index contributed by atoms with van der Waals surface area (Å²) < 4.78 is 13.4. The molecular formula is C17H17Cl2FN3O3+. The Hall–Kier alpha value is -2.22. The minimum atomic E-state index is -0.960. The predicted molar refractivity (Wildman–Crippen MR) is 97.9 cm³/mol. The number of nitrogens with one attached hydrogen (secondary N) is 1. The van der Waals surface area contributed by atoms with Gasteiger partial charge in [0.1, 0.15) is 6.04 Å². The standard InChI is InChI=1S/C17H16Cl2FN3O3/c1-9(13-5-3-11(18)7-14(13)19)21-10(2)17(24)22-12-4-6-15(20)16(8-12)23(25)26/h3-10,21H,1-2H3,(H,22,24)/p+1/t9-,10+/m0/s1. The number of hydrogen-bond acceptors (Lipinski definition) is 3. The van der Waals surface area contributed by atoms with Crippen molar-refractivity contribution >= 4 is 40.5 Å². The topological polar surface area (TPSA) is 88.8 Å². The lowest BCUT2D eigenvalue weighted by Gasteiger charge is -2.18. The van der Waals surface area contributed by atoms with Gasteiger partial charge >= 0.3 is 5.69 Å². The number of carbonyl (C=O) groups is 1. The molecule has 1 amide bonds. The molecule has 0 fully saturated rings. The first-order chi connectivity index (χ1) is 12.2. The number of anilines is 1. The zero-order valence-corrected chi connectivity index (χ0v) is 15.5. The SMILES string of the molecule is C[C@H]([NH2+][C@H](C)C(=O)Nc1ccc(F)c([N+](=O)[O-])c1)c1ccc(Cl)cc1Cl. The van der Waals surface area contributed by atoms with Gasteiger partial charge in [0.25, 0.3) is 5.91 Å². The Balaban J connectivity index is 2.05. The van der Waals surface area contributed by atoms with Gasteiger partial charge in [-0.05, 0) is 38.1 Å². The van der Waals surface area contributed by atoms with Gasteiger partial charge in [-0.1, -0.05) is 29.3 Å². The molecule has 2 aromatic carbocycles. The fourth-order valence-corrected chi connectivity index (χ4v) is 3.06. The molecule has 9 heteroatoms. The summed E-state index contributed by atoms with van der Waals surface area (Å²) in [5.41, 5.74) is 0.286. The Morgan fingerprint density at radius 3 is 2.54 bits per heavy atom. The summed E-state index contributed by atoms with van der Waals surface area (Å²) in [6.07, 6.45) is 0. The highest BCUT2D eigenvalue weighted by molar-refractivity contribution is 6.35. The molecule has 26 heavy (non-hydrogen) atoms. The molecule has 0 spiro atoms. The Morgan fingerprint density at radius 2 is 1.92 bits per heavy atom. The molecule has 0 unspecified atom stereocenters. The number of carbonyl (C=O) groups excluding carboxylic acids is 1. The van der Waals surface area contributed by atoms with Crippen molar-refractivity contribution in [2.24, 2.45) is 0 Å². The number of nitrogens with zero attached hydrogens (tertiary/aromatic N) is 1. The third-order valence-corrected chi connectivity index (χ3v) is 4.42. The van der Waals surface area contributed by atoms with Gasteiger partial charge in [0.2, 0.25) is 5.82 Å². The van der Waals surface area contributed by atoms with Crippen molar-refractivity contribution in [2.45, 2.75) is 25.9 Å². The van der Waals surface area contributed by atoms with Gasteiger partial charge in [-0.15, -0.1) is 0 Å². The van der Waals surface area contributed by atoms with E-state index in [0.29, 0.717) is 10.0 Å². The fourth-order valence-electron chi connectivity index (χ4n) is 2.48. The molecule has 0 aliphatic heterocycles. The second-order valence-electron chi connectivity index (χ2n) is 5.85. The molecule has 2 rings (SSSR count). The minimum Gasteiger partial charge on any atom is -0.330 e. The first-order valence-corrected chi connectivity index (χ1v) is 8.49. The van der Waals surface area contributed by atoms with E-state index in [4.69, 9.17) is 23.2 Å². The lowest BCUT2D eigenvalue weighted by molar-refractivity contribution is -0.709. The van der Waals surface area contributed by atoms with E-state index in [1.807, 2.05) is 6.92 Å². The lowest BCUT2D eigenvalue weighted by atomic mass is 10.1. The van der Waals surface area contributed by atoms with Crippen LogP contribution in [-0.4, -0.2) is 16.9 Å². The van der Waals surface area contributed by atoms with Crippen molar-refractivity contribution in [3.63, 3.8) is 0 Å². The van der Waals surface area contributed by atoms with Crippen LogP contribution in [0.3, 0.4) is 0 Å². The number of quaternary nitrogens is 1. The molecule has 0 saturated carbocycles. The highest BCUT2D eigenvalue weighted by atomic mass is 35.5. The molecule has 0 saturated heterocycles. The number of benzene rings is 2. The molecule has 3 N–H and O–H groups in total. The Labute approximate surface area is 159 Å². The van der Waals surface area contributed by atoms with E-state index in [-0.39, 0.29) is 17.6 Å². The van der Waals surface area contributed by atoms with Crippen LogP contribution >= 0.6 is 23.2 Å². The number of nitro benzene ring substituents is 1. The highest BCUT2D eigenvalue weighted by Gasteiger charge is 2.23. The minimum absolute atomic E-state index is 0.122. The smallest absolute Gasteiger partial charge is 0.306 e. The van der Waals surface area contributed by atoms with E-state index < -0.39 is 22.5 Å². The molecule has 0 bridgehead atoms. The molecule has 138 valence electrons. The van der Waals surface area contributed by atoms with Crippen LogP contribution in [0.25, 0.3) is 0 Å². The van der Waals surface area contributed by atoms with Gasteiger partial charge in [-0.25, -0.2) is 0 Å². The molecule has 2 atom stereocenters. The van der Waals surface area contributed by atoms with E-state index in [9.17, 15) is 19.3 Å². The van der Waals surface area contributed by atoms with Gasteiger partial charge in [0.05, 0.1) is 9.95 Å². The van der Waals surface area contributed by atoms with Crippen molar-refractivity contribution in [3.05, 3.63) is 67.9 Å². The van der Waals surface area contributed by atoms with Gasteiger partial charge < -0.3 is 10.6 Å². The summed E-state index contributed by atoms with van der Waals surface area (Å²) in [6, 6.07) is 7.70. The van der Waals surface area contributed by atoms with E-state index in [2.05, 4.69) is 5.32 Å². The van der Waals surface area contributed by atoms with Crippen LogP contribution in [-0.2, 0) is 4.79 Å². The van der Waals surface area contributed by atoms with Crippen LogP contribution < -0.4 is 10.6 Å². The molecule has 6 nitrogen and oxygen atoms in total. The van der Waals surface area contributed by atoms with Crippen molar-refractivity contribution < 1.29 is 19.4 Å². The molecular weight excluding hydrogens is 384 g/mol. The number of rotatable bonds is 6. The summed E-state index contributed by atoms with van der Waals surface area (Å²) in [6.45, 7) is 3.58. The maximum Gasteiger partial charge on any atom is 0.306 e. The first-order valence-electron chi connectivity index (χ1n) is 7.73. The maximum atomic E-state index is 13.4.